The maximum atomic E-state index is 13.6. The molecule has 0 bridgehead atoms. The van der Waals surface area contributed by atoms with Gasteiger partial charge in [0.05, 0.1) is 24.7 Å². The molecule has 0 aromatic carbocycles. The summed E-state index contributed by atoms with van der Waals surface area (Å²) in [5.41, 5.74) is -0.911. The van der Waals surface area contributed by atoms with E-state index in [0.717, 1.165) is 18.9 Å². The number of furan rings is 1. The van der Waals surface area contributed by atoms with E-state index < -0.39 is 23.7 Å². The molecule has 0 radical (unpaired) electrons. The summed E-state index contributed by atoms with van der Waals surface area (Å²) in [6.45, 7) is 0.117. The summed E-state index contributed by atoms with van der Waals surface area (Å²) in [5, 5.41) is 13.0. The van der Waals surface area contributed by atoms with Crippen molar-refractivity contribution in [3.63, 3.8) is 0 Å². The molecular formula is C21H18F3N7O3. The zero-order valence-corrected chi connectivity index (χ0v) is 17.8. The number of nitrogens with zero attached hydrogens (tertiary/aromatic N) is 5. The van der Waals surface area contributed by atoms with Crippen molar-refractivity contribution in [3.8, 4) is 0 Å². The van der Waals surface area contributed by atoms with E-state index in [1.54, 1.807) is 12.1 Å². The van der Waals surface area contributed by atoms with Gasteiger partial charge in [-0.2, -0.15) is 23.4 Å². The zero-order chi connectivity index (χ0) is 24.0. The fourth-order valence-corrected chi connectivity index (χ4v) is 3.54. The summed E-state index contributed by atoms with van der Waals surface area (Å²) >= 11 is 0. The second kappa shape index (κ2) is 8.01. The lowest BCUT2D eigenvalue weighted by molar-refractivity contribution is -0.142. The lowest BCUT2D eigenvalue weighted by Gasteiger charge is -2.10. The summed E-state index contributed by atoms with van der Waals surface area (Å²) in [6.07, 6.45) is -0.395. The van der Waals surface area contributed by atoms with E-state index in [1.807, 2.05) is 0 Å². The van der Waals surface area contributed by atoms with Gasteiger partial charge in [0.2, 0.25) is 0 Å². The molecule has 4 aromatic heterocycles. The average Bonchev–Trinajstić information content (AvgIpc) is 3.17. The number of carbonyl (C=O) groups excluding carboxylic acids is 2. The number of rotatable bonds is 6. The van der Waals surface area contributed by atoms with Crippen LogP contribution in [0.1, 0.15) is 56.9 Å². The van der Waals surface area contributed by atoms with E-state index in [-0.39, 0.29) is 35.2 Å². The van der Waals surface area contributed by atoms with Crippen molar-refractivity contribution in [2.24, 2.45) is 7.05 Å². The lowest BCUT2D eigenvalue weighted by atomic mass is 10.2. The van der Waals surface area contributed by atoms with Crippen LogP contribution in [0, 0.1) is 0 Å². The maximum absolute atomic E-state index is 13.6. The Morgan fingerprint density at radius 2 is 2.03 bits per heavy atom. The molecule has 176 valence electrons. The highest BCUT2D eigenvalue weighted by Crippen LogP contribution is 2.41. The number of hydrogen-bond donors (Lipinski definition) is 2. The highest BCUT2D eigenvalue weighted by molar-refractivity contribution is 6.07. The molecule has 34 heavy (non-hydrogen) atoms. The van der Waals surface area contributed by atoms with Crippen molar-refractivity contribution in [1.82, 2.24) is 29.7 Å². The number of hydrogen-bond acceptors (Lipinski definition) is 6. The fraction of sp³-hybridized carbons (Fsp3) is 0.286. The van der Waals surface area contributed by atoms with Crippen LogP contribution < -0.4 is 10.6 Å². The van der Waals surface area contributed by atoms with Crippen molar-refractivity contribution < 1.29 is 27.2 Å². The molecule has 0 unspecified atom stereocenters. The summed E-state index contributed by atoms with van der Waals surface area (Å²) in [4.78, 5) is 29.7. The zero-order valence-electron chi connectivity index (χ0n) is 17.8. The number of nitrogens with one attached hydrogen (secondary N) is 2. The first-order valence-electron chi connectivity index (χ1n) is 10.3. The number of amides is 2. The Morgan fingerprint density at radius 1 is 1.24 bits per heavy atom. The number of aromatic nitrogens is 5. The van der Waals surface area contributed by atoms with Gasteiger partial charge >= 0.3 is 6.18 Å². The summed E-state index contributed by atoms with van der Waals surface area (Å²) < 4.78 is 47.9. The number of carbonyl (C=O) groups is 2. The molecule has 1 fully saturated rings. The molecule has 4 aromatic rings. The minimum absolute atomic E-state index is 0.0177. The first-order valence-corrected chi connectivity index (χ1v) is 10.3. The molecule has 13 heteroatoms. The Hall–Kier alpha value is -4.16. The SMILES string of the molecule is Cn1ncc(NC(=O)c2cc3nc(C4CC4)cc(C(F)(F)F)n3n2)c1C(=O)NCc1ccco1. The third kappa shape index (κ3) is 4.11. The molecule has 2 N–H and O–H groups in total. The van der Waals surface area contributed by atoms with Crippen LogP contribution in [-0.2, 0) is 19.8 Å². The largest absolute Gasteiger partial charge is 0.467 e. The van der Waals surface area contributed by atoms with E-state index in [9.17, 15) is 22.8 Å². The second-order valence-corrected chi connectivity index (χ2v) is 7.88. The van der Waals surface area contributed by atoms with Crippen molar-refractivity contribution in [3.05, 3.63) is 65.3 Å². The van der Waals surface area contributed by atoms with Gasteiger partial charge in [-0.25, -0.2) is 9.50 Å². The Labute approximate surface area is 189 Å². The van der Waals surface area contributed by atoms with Crippen LogP contribution in [0.2, 0.25) is 0 Å². The smallest absolute Gasteiger partial charge is 0.433 e. The monoisotopic (exact) mass is 473 g/mol. The molecule has 4 heterocycles. The minimum atomic E-state index is -4.67. The molecular weight excluding hydrogens is 455 g/mol. The third-order valence-corrected chi connectivity index (χ3v) is 5.37. The highest BCUT2D eigenvalue weighted by Gasteiger charge is 2.37. The topological polar surface area (TPSA) is 119 Å². The average molecular weight is 473 g/mol. The van der Waals surface area contributed by atoms with Crippen LogP contribution in [0.5, 0.6) is 0 Å². The van der Waals surface area contributed by atoms with E-state index in [0.29, 0.717) is 16.0 Å². The number of aryl methyl sites for hydroxylation is 1. The molecule has 1 aliphatic rings. The molecule has 0 spiro atoms. The third-order valence-electron chi connectivity index (χ3n) is 5.37. The molecule has 10 nitrogen and oxygen atoms in total. The minimum Gasteiger partial charge on any atom is -0.467 e. The van der Waals surface area contributed by atoms with Gasteiger partial charge in [0.1, 0.15) is 17.1 Å². The molecule has 5 rings (SSSR count). The Bertz CT molecular complexity index is 1380. The van der Waals surface area contributed by atoms with Crippen LogP contribution in [-0.4, -0.2) is 36.2 Å². The first kappa shape index (κ1) is 21.7. The van der Waals surface area contributed by atoms with E-state index in [2.05, 4.69) is 25.8 Å². The number of halogens is 3. The molecule has 1 aliphatic carbocycles. The second-order valence-electron chi connectivity index (χ2n) is 7.88. The Morgan fingerprint density at radius 3 is 2.71 bits per heavy atom. The van der Waals surface area contributed by atoms with Gasteiger partial charge in [-0.3, -0.25) is 14.3 Å². The number of fused-ring (bicyclic) bond motifs is 1. The highest BCUT2D eigenvalue weighted by atomic mass is 19.4. The van der Waals surface area contributed by atoms with Crippen LogP contribution >= 0.6 is 0 Å². The predicted octanol–water partition coefficient (Wildman–Crippen LogP) is 3.13. The standard InChI is InChI=1S/C21H18F3N7O3/c1-30-18(20(33)25-9-12-3-2-6-34-12)15(10-26-30)28-19(32)14-8-17-27-13(11-4-5-11)7-16(21(22,23)24)31(17)29-14/h2-3,6-8,10-11H,4-5,9H2,1H3,(H,25,33)(H,28,32). The quantitative estimate of drug-likeness (QED) is 0.444. The molecule has 2 amide bonds. The van der Waals surface area contributed by atoms with Gasteiger partial charge in [0.25, 0.3) is 11.8 Å². The summed E-state index contributed by atoms with van der Waals surface area (Å²) in [7, 11) is 1.52. The molecule has 0 aliphatic heterocycles. The molecule has 0 atom stereocenters. The van der Waals surface area contributed by atoms with Crippen LogP contribution in [0.3, 0.4) is 0 Å². The van der Waals surface area contributed by atoms with Gasteiger partial charge in [-0.15, -0.1) is 0 Å². The lowest BCUT2D eigenvalue weighted by Crippen LogP contribution is -2.26. The summed E-state index contributed by atoms with van der Waals surface area (Å²) in [6, 6.07) is 5.53. The molecule has 1 saturated carbocycles. The normalized spacial score (nSPS) is 13.9. The van der Waals surface area contributed by atoms with E-state index >= 15 is 0 Å². The Kier molecular flexibility index (Phi) is 5.10. The number of anilines is 1. The van der Waals surface area contributed by atoms with Gasteiger partial charge < -0.3 is 15.1 Å². The van der Waals surface area contributed by atoms with Crippen LogP contribution in [0.25, 0.3) is 5.65 Å². The van der Waals surface area contributed by atoms with Gasteiger partial charge in [0.15, 0.2) is 11.3 Å². The fourth-order valence-electron chi connectivity index (χ4n) is 3.54. The van der Waals surface area contributed by atoms with E-state index in [4.69, 9.17) is 4.42 Å². The van der Waals surface area contributed by atoms with Crippen molar-refractivity contribution in [2.45, 2.75) is 31.5 Å². The van der Waals surface area contributed by atoms with Crippen molar-refractivity contribution >= 4 is 23.1 Å². The Balaban J connectivity index is 1.40. The van der Waals surface area contributed by atoms with Gasteiger partial charge in [-0.1, -0.05) is 0 Å². The van der Waals surface area contributed by atoms with Crippen molar-refractivity contribution in [2.75, 3.05) is 5.32 Å². The van der Waals surface area contributed by atoms with Crippen molar-refractivity contribution in [1.29, 1.82) is 0 Å². The van der Waals surface area contributed by atoms with Gasteiger partial charge in [0, 0.05) is 24.7 Å². The van der Waals surface area contributed by atoms with E-state index in [1.165, 1.54) is 30.3 Å². The number of alkyl halides is 3. The summed E-state index contributed by atoms with van der Waals surface area (Å²) in [5.74, 6) is -0.822. The maximum Gasteiger partial charge on any atom is 0.433 e. The molecule has 0 saturated heterocycles. The first-order chi connectivity index (χ1) is 16.2. The van der Waals surface area contributed by atoms with Gasteiger partial charge in [-0.05, 0) is 31.0 Å². The van der Waals surface area contributed by atoms with Crippen LogP contribution in [0.4, 0.5) is 18.9 Å². The van der Waals surface area contributed by atoms with Crippen LogP contribution in [0.15, 0.2) is 41.1 Å². The predicted molar refractivity (Wildman–Crippen MR) is 111 cm³/mol.